The number of aromatic nitrogens is 1. The summed E-state index contributed by atoms with van der Waals surface area (Å²) in [6.07, 6.45) is 3.20. The van der Waals surface area contributed by atoms with Gasteiger partial charge in [-0.1, -0.05) is 55.2 Å². The van der Waals surface area contributed by atoms with Crippen molar-refractivity contribution in [3.8, 4) is 11.3 Å². The summed E-state index contributed by atoms with van der Waals surface area (Å²) in [6, 6.07) is 5.51. The predicted molar refractivity (Wildman–Crippen MR) is 107 cm³/mol. The molecule has 0 spiro atoms. The van der Waals surface area contributed by atoms with E-state index >= 15 is 0 Å². The summed E-state index contributed by atoms with van der Waals surface area (Å²) in [5.74, 6) is 0.461. The van der Waals surface area contributed by atoms with Crippen LogP contribution >= 0.6 is 23.2 Å². The Labute approximate surface area is 169 Å². The molecule has 2 aromatic rings. The number of benzene rings is 1. The Morgan fingerprint density at radius 3 is 2.56 bits per heavy atom. The Hall–Kier alpha value is -1.52. The molecule has 1 aromatic carbocycles. The number of halogens is 2. The minimum Gasteiger partial charge on any atom is -0.360 e. The first-order valence-electron chi connectivity index (χ1n) is 9.32. The SMILES string of the molecule is Cc1onc(-c2c(Cl)cccc2Cl)c1C(=O)N1CC2(C)CC1CC(C)(C)C2. The first kappa shape index (κ1) is 18.8. The summed E-state index contributed by atoms with van der Waals surface area (Å²) >= 11 is 12.7. The molecule has 1 amide bonds. The molecular formula is C21H24Cl2N2O2. The molecule has 2 aliphatic rings. The zero-order valence-corrected chi connectivity index (χ0v) is 17.6. The largest absolute Gasteiger partial charge is 0.360 e. The van der Waals surface area contributed by atoms with Crippen molar-refractivity contribution in [2.75, 3.05) is 6.54 Å². The number of carbonyl (C=O) groups excluding carboxylic acids is 1. The molecule has 1 aromatic heterocycles. The van der Waals surface area contributed by atoms with E-state index in [1.807, 2.05) is 4.90 Å². The molecule has 1 aliphatic heterocycles. The van der Waals surface area contributed by atoms with Gasteiger partial charge in [-0.2, -0.15) is 0 Å². The minimum atomic E-state index is -0.0360. The average molecular weight is 407 g/mol. The van der Waals surface area contributed by atoms with Crippen molar-refractivity contribution in [2.45, 2.75) is 53.0 Å². The Balaban J connectivity index is 1.76. The molecule has 1 saturated carbocycles. The van der Waals surface area contributed by atoms with Crippen molar-refractivity contribution in [3.63, 3.8) is 0 Å². The fourth-order valence-electron chi connectivity index (χ4n) is 5.36. The van der Waals surface area contributed by atoms with E-state index in [4.69, 9.17) is 27.7 Å². The summed E-state index contributed by atoms with van der Waals surface area (Å²) < 4.78 is 5.40. The molecule has 27 heavy (non-hydrogen) atoms. The van der Waals surface area contributed by atoms with E-state index in [9.17, 15) is 4.79 Å². The summed E-state index contributed by atoms with van der Waals surface area (Å²) in [5.41, 5.74) is 1.85. The molecule has 1 saturated heterocycles. The second-order valence-corrected chi connectivity index (χ2v) is 10.0. The van der Waals surface area contributed by atoms with Gasteiger partial charge in [-0.3, -0.25) is 4.79 Å². The number of carbonyl (C=O) groups is 1. The van der Waals surface area contributed by atoms with Crippen molar-refractivity contribution in [1.82, 2.24) is 10.1 Å². The molecule has 4 nitrogen and oxygen atoms in total. The average Bonchev–Trinajstić information content (AvgIpc) is 3.03. The van der Waals surface area contributed by atoms with Crippen LogP contribution in [-0.2, 0) is 0 Å². The van der Waals surface area contributed by atoms with Crippen molar-refractivity contribution in [3.05, 3.63) is 39.6 Å². The Bertz CT molecular complexity index is 901. The highest BCUT2D eigenvalue weighted by molar-refractivity contribution is 6.39. The molecule has 1 aliphatic carbocycles. The molecule has 0 radical (unpaired) electrons. The smallest absolute Gasteiger partial charge is 0.260 e. The number of hydrogen-bond donors (Lipinski definition) is 0. The third-order valence-electron chi connectivity index (χ3n) is 5.95. The number of aryl methyl sites for hydroxylation is 1. The van der Waals surface area contributed by atoms with Crippen LogP contribution in [0.2, 0.25) is 10.0 Å². The van der Waals surface area contributed by atoms with Crippen LogP contribution < -0.4 is 0 Å². The molecule has 4 rings (SSSR count). The van der Waals surface area contributed by atoms with Crippen LogP contribution in [-0.4, -0.2) is 28.6 Å². The number of amides is 1. The molecule has 2 unspecified atom stereocenters. The quantitative estimate of drug-likeness (QED) is 0.614. The number of fused-ring (bicyclic) bond motifs is 2. The van der Waals surface area contributed by atoms with Crippen molar-refractivity contribution >= 4 is 29.1 Å². The molecule has 2 fully saturated rings. The zero-order valence-electron chi connectivity index (χ0n) is 16.1. The second-order valence-electron chi connectivity index (χ2n) is 9.21. The number of likely N-dealkylation sites (tertiary alicyclic amines) is 1. The summed E-state index contributed by atoms with van der Waals surface area (Å²) in [4.78, 5) is 15.6. The van der Waals surface area contributed by atoms with Gasteiger partial charge in [0.1, 0.15) is 17.0 Å². The predicted octanol–water partition coefficient (Wildman–Crippen LogP) is 6.00. The molecule has 0 N–H and O–H groups in total. The lowest BCUT2D eigenvalue weighted by atomic mass is 9.65. The van der Waals surface area contributed by atoms with Gasteiger partial charge in [0.05, 0.1) is 10.0 Å². The molecular weight excluding hydrogens is 383 g/mol. The maximum atomic E-state index is 13.6. The Kier molecular flexibility index (Phi) is 4.36. The van der Waals surface area contributed by atoms with E-state index in [0.29, 0.717) is 32.6 Å². The van der Waals surface area contributed by atoms with Crippen LogP contribution in [0.15, 0.2) is 22.7 Å². The maximum Gasteiger partial charge on any atom is 0.260 e. The Morgan fingerprint density at radius 1 is 1.22 bits per heavy atom. The van der Waals surface area contributed by atoms with Gasteiger partial charge in [0.25, 0.3) is 5.91 Å². The van der Waals surface area contributed by atoms with E-state index in [2.05, 4.69) is 25.9 Å². The van der Waals surface area contributed by atoms with Crippen molar-refractivity contribution in [2.24, 2.45) is 10.8 Å². The highest BCUT2D eigenvalue weighted by atomic mass is 35.5. The first-order chi connectivity index (χ1) is 12.6. The first-order valence-corrected chi connectivity index (χ1v) is 10.1. The van der Waals surface area contributed by atoms with E-state index in [1.54, 1.807) is 25.1 Å². The van der Waals surface area contributed by atoms with Crippen molar-refractivity contribution in [1.29, 1.82) is 0 Å². The highest BCUT2D eigenvalue weighted by Crippen LogP contribution is 2.53. The van der Waals surface area contributed by atoms with E-state index in [1.165, 1.54) is 0 Å². The van der Waals surface area contributed by atoms with Crippen LogP contribution in [0.3, 0.4) is 0 Å². The van der Waals surface area contributed by atoms with Gasteiger partial charge < -0.3 is 9.42 Å². The lowest BCUT2D eigenvalue weighted by Gasteiger charge is -2.39. The standard InChI is InChI=1S/C21H24Cl2N2O2/c1-12-16(18(24-27-12)17-14(22)6-5-7-15(17)23)19(26)25-11-21(4)9-13(25)8-20(2,3)10-21/h5-7,13H,8-11H2,1-4H3. The van der Waals surface area contributed by atoms with Crippen LogP contribution in [0.4, 0.5) is 0 Å². The zero-order chi connectivity index (χ0) is 19.6. The van der Waals surface area contributed by atoms with Gasteiger partial charge >= 0.3 is 0 Å². The van der Waals surface area contributed by atoms with Crippen molar-refractivity contribution < 1.29 is 9.32 Å². The monoisotopic (exact) mass is 406 g/mol. The summed E-state index contributed by atoms with van der Waals surface area (Å²) in [5, 5.41) is 5.05. The fourth-order valence-corrected chi connectivity index (χ4v) is 5.94. The molecule has 6 heteroatoms. The minimum absolute atomic E-state index is 0.0360. The van der Waals surface area contributed by atoms with E-state index < -0.39 is 0 Å². The lowest BCUT2D eigenvalue weighted by Crippen LogP contribution is -2.38. The second kappa shape index (κ2) is 6.25. The summed E-state index contributed by atoms with van der Waals surface area (Å²) in [7, 11) is 0. The van der Waals surface area contributed by atoms with Gasteiger partial charge in [0.15, 0.2) is 0 Å². The van der Waals surface area contributed by atoms with Crippen LogP contribution in [0.1, 0.15) is 56.2 Å². The van der Waals surface area contributed by atoms with Gasteiger partial charge in [-0.15, -0.1) is 0 Å². The van der Waals surface area contributed by atoms with E-state index in [-0.39, 0.29) is 22.8 Å². The molecule has 144 valence electrons. The molecule has 2 bridgehead atoms. The maximum absolute atomic E-state index is 13.6. The van der Waals surface area contributed by atoms with Crippen LogP contribution in [0.5, 0.6) is 0 Å². The van der Waals surface area contributed by atoms with Crippen LogP contribution in [0, 0.1) is 17.8 Å². The van der Waals surface area contributed by atoms with Crippen LogP contribution in [0.25, 0.3) is 11.3 Å². The normalized spacial score (nSPS) is 26.4. The summed E-state index contributed by atoms with van der Waals surface area (Å²) in [6.45, 7) is 9.42. The third kappa shape index (κ3) is 3.17. The number of hydrogen-bond acceptors (Lipinski definition) is 3. The number of nitrogens with zero attached hydrogens (tertiary/aromatic N) is 2. The number of rotatable bonds is 2. The lowest BCUT2D eigenvalue weighted by molar-refractivity contribution is 0.0707. The van der Waals surface area contributed by atoms with Gasteiger partial charge in [-0.05, 0) is 49.1 Å². The fraction of sp³-hybridized carbons (Fsp3) is 0.524. The topological polar surface area (TPSA) is 46.3 Å². The van der Waals surface area contributed by atoms with Gasteiger partial charge in [0.2, 0.25) is 0 Å². The van der Waals surface area contributed by atoms with E-state index in [0.717, 1.165) is 25.8 Å². The highest BCUT2D eigenvalue weighted by Gasteiger charge is 2.51. The van der Waals surface area contributed by atoms with Gasteiger partial charge in [-0.25, -0.2) is 0 Å². The molecule has 2 heterocycles. The third-order valence-corrected chi connectivity index (χ3v) is 6.58. The Morgan fingerprint density at radius 2 is 1.89 bits per heavy atom. The van der Waals surface area contributed by atoms with Gasteiger partial charge in [0, 0.05) is 18.2 Å². The molecule has 2 atom stereocenters.